The maximum Gasteiger partial charge on any atom is 0.277 e. The molecule has 0 saturated heterocycles. The Hall–Kier alpha value is -2.54. The van der Waals surface area contributed by atoms with E-state index in [1.807, 2.05) is 49.3 Å². The van der Waals surface area contributed by atoms with Gasteiger partial charge in [-0.3, -0.25) is 4.79 Å². The third-order valence-corrected chi connectivity index (χ3v) is 3.92. The van der Waals surface area contributed by atoms with Crippen LogP contribution in [-0.2, 0) is 4.79 Å². The van der Waals surface area contributed by atoms with E-state index in [1.54, 1.807) is 25.5 Å². The van der Waals surface area contributed by atoms with E-state index in [-0.39, 0.29) is 12.5 Å². The van der Waals surface area contributed by atoms with E-state index >= 15 is 0 Å². The zero-order valence-corrected chi connectivity index (χ0v) is 15.9. The normalized spacial score (nSPS) is 10.6. The molecule has 0 aliphatic carbocycles. The number of amides is 1. The first-order valence-corrected chi connectivity index (χ1v) is 8.35. The zero-order valence-electron chi connectivity index (χ0n) is 14.3. The molecule has 0 aromatic heterocycles. The SMILES string of the molecule is COc1ccccc1OCC(=O)N/N=C\c1ccc(N(C)C)c(Br)c1. The van der Waals surface area contributed by atoms with Crippen LogP contribution in [-0.4, -0.2) is 39.9 Å². The summed E-state index contributed by atoms with van der Waals surface area (Å²) < 4.78 is 11.5. The number of para-hydroxylation sites is 2. The van der Waals surface area contributed by atoms with Crippen molar-refractivity contribution in [2.24, 2.45) is 5.10 Å². The second-order valence-electron chi connectivity index (χ2n) is 5.34. The van der Waals surface area contributed by atoms with Crippen LogP contribution in [0.3, 0.4) is 0 Å². The number of nitrogens with one attached hydrogen (secondary N) is 1. The Morgan fingerprint density at radius 2 is 1.96 bits per heavy atom. The lowest BCUT2D eigenvalue weighted by Gasteiger charge is -2.14. The molecule has 6 nitrogen and oxygen atoms in total. The average molecular weight is 406 g/mol. The summed E-state index contributed by atoms with van der Waals surface area (Å²) in [5.74, 6) is 0.725. The minimum atomic E-state index is -0.355. The molecule has 1 amide bonds. The third-order valence-electron chi connectivity index (χ3n) is 3.28. The minimum Gasteiger partial charge on any atom is -0.493 e. The molecule has 7 heteroatoms. The molecule has 2 aromatic carbocycles. The number of anilines is 1. The number of halogens is 1. The molecule has 2 aromatic rings. The number of benzene rings is 2. The molecular formula is C18H20BrN3O3. The molecule has 0 spiro atoms. The van der Waals surface area contributed by atoms with Gasteiger partial charge in [-0.05, 0) is 45.8 Å². The van der Waals surface area contributed by atoms with Gasteiger partial charge in [-0.2, -0.15) is 5.10 Å². The number of methoxy groups -OCH3 is 1. The molecule has 0 bridgehead atoms. The van der Waals surface area contributed by atoms with E-state index in [0.717, 1.165) is 15.7 Å². The van der Waals surface area contributed by atoms with Crippen LogP contribution in [0.1, 0.15) is 5.56 Å². The number of ether oxygens (including phenoxy) is 2. The molecule has 0 aliphatic heterocycles. The molecule has 0 atom stereocenters. The second kappa shape index (κ2) is 9.08. The summed E-state index contributed by atoms with van der Waals surface area (Å²) >= 11 is 3.51. The number of carbonyl (C=O) groups is 1. The minimum absolute atomic E-state index is 0.152. The lowest BCUT2D eigenvalue weighted by atomic mass is 10.2. The molecule has 25 heavy (non-hydrogen) atoms. The Labute approximate surface area is 155 Å². The van der Waals surface area contributed by atoms with Gasteiger partial charge in [0.2, 0.25) is 0 Å². The topological polar surface area (TPSA) is 63.2 Å². The number of carbonyl (C=O) groups excluding carboxylic acids is 1. The number of hydrogen-bond acceptors (Lipinski definition) is 5. The highest BCUT2D eigenvalue weighted by Crippen LogP contribution is 2.26. The van der Waals surface area contributed by atoms with Crippen molar-refractivity contribution in [2.75, 3.05) is 32.7 Å². The van der Waals surface area contributed by atoms with Gasteiger partial charge in [0.05, 0.1) is 19.0 Å². The predicted molar refractivity (Wildman–Crippen MR) is 103 cm³/mol. The van der Waals surface area contributed by atoms with Crippen LogP contribution in [0, 0.1) is 0 Å². The van der Waals surface area contributed by atoms with Gasteiger partial charge in [-0.15, -0.1) is 0 Å². The van der Waals surface area contributed by atoms with Crippen molar-refractivity contribution in [1.82, 2.24) is 5.43 Å². The van der Waals surface area contributed by atoms with Crippen molar-refractivity contribution in [1.29, 1.82) is 0 Å². The van der Waals surface area contributed by atoms with E-state index < -0.39 is 0 Å². The third kappa shape index (κ3) is 5.49. The second-order valence-corrected chi connectivity index (χ2v) is 6.19. The molecular weight excluding hydrogens is 386 g/mol. The number of hydrogen-bond donors (Lipinski definition) is 1. The summed E-state index contributed by atoms with van der Waals surface area (Å²) in [6, 6.07) is 13.0. The highest BCUT2D eigenvalue weighted by atomic mass is 79.9. The predicted octanol–water partition coefficient (Wildman–Crippen LogP) is 3.05. The van der Waals surface area contributed by atoms with Crippen LogP contribution >= 0.6 is 15.9 Å². The molecule has 0 heterocycles. The van der Waals surface area contributed by atoms with Crippen molar-refractivity contribution in [3.8, 4) is 11.5 Å². The van der Waals surface area contributed by atoms with Crippen molar-refractivity contribution < 1.29 is 14.3 Å². The summed E-state index contributed by atoms with van der Waals surface area (Å²) in [5, 5.41) is 3.94. The van der Waals surface area contributed by atoms with Gasteiger partial charge >= 0.3 is 0 Å². The fourth-order valence-electron chi connectivity index (χ4n) is 2.06. The number of rotatable bonds is 7. The van der Waals surface area contributed by atoms with E-state index in [1.165, 1.54) is 0 Å². The first-order chi connectivity index (χ1) is 12.0. The largest absolute Gasteiger partial charge is 0.493 e. The van der Waals surface area contributed by atoms with Gasteiger partial charge in [0.25, 0.3) is 5.91 Å². The van der Waals surface area contributed by atoms with Crippen LogP contribution in [0.5, 0.6) is 11.5 Å². The lowest BCUT2D eigenvalue weighted by molar-refractivity contribution is -0.123. The van der Waals surface area contributed by atoms with Gasteiger partial charge in [0, 0.05) is 18.6 Å². The molecule has 0 unspecified atom stereocenters. The van der Waals surface area contributed by atoms with Crippen molar-refractivity contribution in [2.45, 2.75) is 0 Å². The van der Waals surface area contributed by atoms with Crippen molar-refractivity contribution >= 4 is 33.7 Å². The van der Waals surface area contributed by atoms with Crippen LogP contribution in [0.4, 0.5) is 5.69 Å². The summed E-state index contributed by atoms with van der Waals surface area (Å²) in [7, 11) is 5.48. The highest BCUT2D eigenvalue weighted by Gasteiger charge is 2.06. The monoisotopic (exact) mass is 405 g/mol. The van der Waals surface area contributed by atoms with Crippen LogP contribution in [0.15, 0.2) is 52.0 Å². The standard InChI is InChI=1S/C18H20BrN3O3/c1-22(2)15-9-8-13(10-14(15)19)11-20-21-18(23)12-25-17-7-5-4-6-16(17)24-3/h4-11H,12H2,1-3H3,(H,21,23)/b20-11-. The van der Waals surface area contributed by atoms with Gasteiger partial charge in [-0.25, -0.2) is 5.43 Å². The molecule has 0 fully saturated rings. The summed E-state index contributed by atoms with van der Waals surface area (Å²) in [6.45, 7) is -0.152. The maximum absolute atomic E-state index is 11.8. The Morgan fingerprint density at radius 1 is 1.24 bits per heavy atom. The Bertz CT molecular complexity index is 763. The first kappa shape index (κ1) is 18.8. The Morgan fingerprint density at radius 3 is 2.60 bits per heavy atom. The fourth-order valence-corrected chi connectivity index (χ4v) is 2.81. The van der Waals surface area contributed by atoms with Crippen molar-refractivity contribution in [3.05, 3.63) is 52.5 Å². The smallest absolute Gasteiger partial charge is 0.277 e. The summed E-state index contributed by atoms with van der Waals surface area (Å²) in [4.78, 5) is 13.8. The van der Waals surface area contributed by atoms with E-state index in [2.05, 4.69) is 26.5 Å². The molecule has 2 rings (SSSR count). The number of nitrogens with zero attached hydrogens (tertiary/aromatic N) is 2. The molecule has 1 N–H and O–H groups in total. The van der Waals surface area contributed by atoms with Gasteiger partial charge in [0.1, 0.15) is 0 Å². The van der Waals surface area contributed by atoms with Gasteiger partial charge in [0.15, 0.2) is 18.1 Å². The average Bonchev–Trinajstić information content (AvgIpc) is 2.60. The summed E-state index contributed by atoms with van der Waals surface area (Å²) in [6.07, 6.45) is 1.57. The Kier molecular flexibility index (Phi) is 6.82. The molecule has 0 saturated carbocycles. The van der Waals surface area contributed by atoms with Gasteiger partial charge in [-0.1, -0.05) is 18.2 Å². The quantitative estimate of drug-likeness (QED) is 0.567. The van der Waals surface area contributed by atoms with E-state index in [9.17, 15) is 4.79 Å². The maximum atomic E-state index is 11.8. The van der Waals surface area contributed by atoms with Crippen LogP contribution < -0.4 is 19.8 Å². The van der Waals surface area contributed by atoms with Crippen LogP contribution in [0.25, 0.3) is 0 Å². The summed E-state index contributed by atoms with van der Waals surface area (Å²) in [5.41, 5.74) is 4.36. The zero-order chi connectivity index (χ0) is 18.2. The Balaban J connectivity index is 1.87. The van der Waals surface area contributed by atoms with Gasteiger partial charge < -0.3 is 14.4 Å². The van der Waals surface area contributed by atoms with Crippen LogP contribution in [0.2, 0.25) is 0 Å². The molecule has 0 aliphatic rings. The van der Waals surface area contributed by atoms with Crippen molar-refractivity contribution in [3.63, 3.8) is 0 Å². The molecule has 0 radical (unpaired) electrons. The molecule has 132 valence electrons. The van der Waals surface area contributed by atoms with E-state index in [0.29, 0.717) is 11.5 Å². The first-order valence-electron chi connectivity index (χ1n) is 7.56. The fraction of sp³-hybridized carbons (Fsp3) is 0.222. The number of hydrazone groups is 1. The van der Waals surface area contributed by atoms with E-state index in [4.69, 9.17) is 9.47 Å². The highest BCUT2D eigenvalue weighted by molar-refractivity contribution is 9.10. The lowest BCUT2D eigenvalue weighted by Crippen LogP contribution is -2.24.